The van der Waals surface area contributed by atoms with Gasteiger partial charge in [-0.25, -0.2) is 4.98 Å². The minimum Gasteiger partial charge on any atom is -0.474 e. The zero-order valence-corrected chi connectivity index (χ0v) is 10.7. The van der Waals surface area contributed by atoms with E-state index in [1.54, 1.807) is 6.20 Å². The third-order valence-electron chi connectivity index (χ3n) is 2.65. The van der Waals surface area contributed by atoms with Crippen molar-refractivity contribution >= 4 is 0 Å². The lowest BCUT2D eigenvalue weighted by Gasteiger charge is -2.19. The number of hydrogen-bond donors (Lipinski definition) is 1. The Morgan fingerprint density at radius 1 is 1.38 bits per heavy atom. The van der Waals surface area contributed by atoms with E-state index in [-0.39, 0.29) is 6.10 Å². The van der Waals surface area contributed by atoms with Crippen LogP contribution in [0.5, 0.6) is 5.88 Å². The van der Waals surface area contributed by atoms with Crippen LogP contribution in [0.25, 0.3) is 0 Å². The highest BCUT2D eigenvalue weighted by atomic mass is 16.5. The van der Waals surface area contributed by atoms with E-state index in [9.17, 15) is 0 Å². The Hall–Kier alpha value is -1.09. The molecule has 0 radical (unpaired) electrons. The molecule has 3 nitrogen and oxygen atoms in total. The topological polar surface area (TPSA) is 34.2 Å². The highest BCUT2D eigenvalue weighted by Crippen LogP contribution is 2.18. The molecule has 90 valence electrons. The lowest BCUT2D eigenvalue weighted by molar-refractivity contribution is 0.161. The van der Waals surface area contributed by atoms with Gasteiger partial charge in [-0.1, -0.05) is 26.8 Å². The largest absolute Gasteiger partial charge is 0.474 e. The number of pyridine rings is 1. The van der Waals surface area contributed by atoms with Crippen LogP contribution >= 0.6 is 0 Å². The summed E-state index contributed by atoms with van der Waals surface area (Å²) in [6.07, 6.45) is 1.97. The van der Waals surface area contributed by atoms with Gasteiger partial charge in [-0.3, -0.25) is 0 Å². The van der Waals surface area contributed by atoms with Gasteiger partial charge in [0.1, 0.15) is 0 Å². The number of nitrogens with one attached hydrogen (secondary N) is 1. The van der Waals surface area contributed by atoms with Gasteiger partial charge in [0.25, 0.3) is 0 Å². The summed E-state index contributed by atoms with van der Waals surface area (Å²) in [5.41, 5.74) is 1.12. The van der Waals surface area contributed by atoms with E-state index in [4.69, 9.17) is 4.74 Å². The Labute approximate surface area is 98.2 Å². The molecule has 0 fully saturated rings. The molecular formula is C13H22N2O. The van der Waals surface area contributed by atoms with Crippen molar-refractivity contribution in [1.29, 1.82) is 0 Å². The van der Waals surface area contributed by atoms with Crippen LogP contribution in [0.15, 0.2) is 18.3 Å². The van der Waals surface area contributed by atoms with E-state index in [1.807, 2.05) is 6.07 Å². The Bertz CT molecular complexity index is 313. The first-order valence-electron chi connectivity index (χ1n) is 5.96. The van der Waals surface area contributed by atoms with E-state index in [0.717, 1.165) is 24.5 Å². The summed E-state index contributed by atoms with van der Waals surface area (Å²) in [7, 11) is 0. The Kier molecular flexibility index (Phi) is 5.26. The lowest BCUT2D eigenvalue weighted by Crippen LogP contribution is -2.21. The molecule has 1 aromatic rings. The molecule has 1 atom stereocenters. The van der Waals surface area contributed by atoms with Crippen molar-refractivity contribution in [2.24, 2.45) is 5.92 Å². The second-order valence-electron chi connectivity index (χ2n) is 4.31. The van der Waals surface area contributed by atoms with Crippen molar-refractivity contribution in [3.05, 3.63) is 23.9 Å². The first-order chi connectivity index (χ1) is 7.65. The van der Waals surface area contributed by atoms with E-state index < -0.39 is 0 Å². The Morgan fingerprint density at radius 2 is 2.12 bits per heavy atom. The SMILES string of the molecule is CCNCc1cccnc1OC(C)C(C)C. The average Bonchev–Trinajstić information content (AvgIpc) is 2.27. The second-order valence-corrected chi connectivity index (χ2v) is 4.31. The molecule has 0 aliphatic heterocycles. The number of ether oxygens (including phenoxy) is 1. The van der Waals surface area contributed by atoms with Gasteiger partial charge in [-0.15, -0.1) is 0 Å². The molecule has 0 aliphatic rings. The van der Waals surface area contributed by atoms with E-state index in [0.29, 0.717) is 5.92 Å². The van der Waals surface area contributed by atoms with Gasteiger partial charge in [-0.2, -0.15) is 0 Å². The van der Waals surface area contributed by atoms with E-state index >= 15 is 0 Å². The van der Waals surface area contributed by atoms with Crippen LogP contribution in [-0.2, 0) is 6.54 Å². The summed E-state index contributed by atoms with van der Waals surface area (Å²) in [6, 6.07) is 4.00. The average molecular weight is 222 g/mol. The van der Waals surface area contributed by atoms with Crippen molar-refractivity contribution in [2.75, 3.05) is 6.54 Å². The zero-order valence-electron chi connectivity index (χ0n) is 10.7. The molecule has 0 amide bonds. The molecule has 1 N–H and O–H groups in total. The van der Waals surface area contributed by atoms with Gasteiger partial charge in [-0.05, 0) is 25.5 Å². The summed E-state index contributed by atoms with van der Waals surface area (Å²) >= 11 is 0. The van der Waals surface area contributed by atoms with Crippen molar-refractivity contribution in [2.45, 2.75) is 40.3 Å². The molecule has 0 saturated heterocycles. The quantitative estimate of drug-likeness (QED) is 0.803. The van der Waals surface area contributed by atoms with Crippen LogP contribution in [0.1, 0.15) is 33.3 Å². The lowest BCUT2D eigenvalue weighted by atomic mass is 10.1. The maximum absolute atomic E-state index is 5.85. The van der Waals surface area contributed by atoms with Crippen molar-refractivity contribution < 1.29 is 4.74 Å². The monoisotopic (exact) mass is 222 g/mol. The minimum atomic E-state index is 0.190. The van der Waals surface area contributed by atoms with Gasteiger partial charge >= 0.3 is 0 Å². The highest BCUT2D eigenvalue weighted by Gasteiger charge is 2.12. The third-order valence-corrected chi connectivity index (χ3v) is 2.65. The number of rotatable bonds is 6. The van der Waals surface area contributed by atoms with Crippen LogP contribution in [0.4, 0.5) is 0 Å². The smallest absolute Gasteiger partial charge is 0.218 e. The van der Waals surface area contributed by atoms with Gasteiger partial charge in [0.15, 0.2) is 0 Å². The maximum atomic E-state index is 5.85. The summed E-state index contributed by atoms with van der Waals surface area (Å²) < 4.78 is 5.85. The number of hydrogen-bond acceptors (Lipinski definition) is 3. The zero-order chi connectivity index (χ0) is 12.0. The van der Waals surface area contributed by atoms with Crippen LogP contribution in [0, 0.1) is 5.92 Å². The van der Waals surface area contributed by atoms with Crippen molar-refractivity contribution in [3.63, 3.8) is 0 Å². The third kappa shape index (κ3) is 3.81. The predicted octanol–water partition coefficient (Wildman–Crippen LogP) is 2.61. The molecule has 0 aliphatic carbocycles. The molecular weight excluding hydrogens is 200 g/mol. The second kappa shape index (κ2) is 6.48. The Balaban J connectivity index is 2.70. The molecule has 1 aromatic heterocycles. The van der Waals surface area contributed by atoms with Crippen LogP contribution in [0.3, 0.4) is 0 Å². The molecule has 16 heavy (non-hydrogen) atoms. The molecule has 0 aromatic carbocycles. The first-order valence-corrected chi connectivity index (χ1v) is 5.96. The van der Waals surface area contributed by atoms with Crippen LogP contribution in [-0.4, -0.2) is 17.6 Å². The summed E-state index contributed by atoms with van der Waals surface area (Å²) in [5, 5.41) is 3.29. The Morgan fingerprint density at radius 3 is 2.75 bits per heavy atom. The van der Waals surface area contributed by atoms with Crippen molar-refractivity contribution in [1.82, 2.24) is 10.3 Å². The summed E-state index contributed by atoms with van der Waals surface area (Å²) in [6.45, 7) is 10.2. The minimum absolute atomic E-state index is 0.190. The standard InChI is InChI=1S/C13H22N2O/c1-5-14-9-12-7-6-8-15-13(12)16-11(4)10(2)3/h6-8,10-11,14H,5,9H2,1-4H3. The summed E-state index contributed by atoms with van der Waals surface area (Å²) in [5.74, 6) is 1.25. The highest BCUT2D eigenvalue weighted by molar-refractivity contribution is 5.25. The van der Waals surface area contributed by atoms with Gasteiger partial charge in [0, 0.05) is 18.3 Å². The first kappa shape index (κ1) is 13.0. The number of nitrogens with zero attached hydrogens (tertiary/aromatic N) is 1. The normalized spacial score (nSPS) is 12.8. The molecule has 1 unspecified atom stereocenters. The van der Waals surface area contributed by atoms with Gasteiger partial charge in [0.2, 0.25) is 5.88 Å². The molecule has 1 heterocycles. The fourth-order valence-electron chi connectivity index (χ4n) is 1.24. The van der Waals surface area contributed by atoms with Gasteiger partial charge < -0.3 is 10.1 Å². The maximum Gasteiger partial charge on any atom is 0.218 e. The summed E-state index contributed by atoms with van der Waals surface area (Å²) in [4.78, 5) is 4.29. The van der Waals surface area contributed by atoms with Gasteiger partial charge in [0.05, 0.1) is 6.10 Å². The molecule has 0 bridgehead atoms. The molecule has 3 heteroatoms. The van der Waals surface area contributed by atoms with Crippen molar-refractivity contribution in [3.8, 4) is 5.88 Å². The fraction of sp³-hybridized carbons (Fsp3) is 0.615. The molecule has 0 saturated carbocycles. The van der Waals surface area contributed by atoms with E-state index in [2.05, 4.69) is 44.1 Å². The molecule has 1 rings (SSSR count). The van der Waals surface area contributed by atoms with E-state index in [1.165, 1.54) is 0 Å². The number of aromatic nitrogens is 1. The van der Waals surface area contributed by atoms with Crippen LogP contribution < -0.4 is 10.1 Å². The van der Waals surface area contributed by atoms with Crippen LogP contribution in [0.2, 0.25) is 0 Å². The predicted molar refractivity (Wildman–Crippen MR) is 66.5 cm³/mol. The fourth-order valence-corrected chi connectivity index (χ4v) is 1.24. The molecule has 0 spiro atoms.